The Hall–Kier alpha value is -1.37. The molecule has 1 aliphatic heterocycles. The van der Waals surface area contributed by atoms with E-state index in [4.69, 9.17) is 22.1 Å². The number of hydrogen-bond acceptors (Lipinski definition) is 5. The van der Waals surface area contributed by atoms with Crippen molar-refractivity contribution in [1.82, 2.24) is 9.88 Å². The lowest BCUT2D eigenvalue weighted by Crippen LogP contribution is -2.37. The number of carbonyl (C=O) groups is 1. The van der Waals surface area contributed by atoms with Gasteiger partial charge in [0.05, 0.1) is 23.8 Å². The van der Waals surface area contributed by atoms with Gasteiger partial charge in [-0.2, -0.15) is 0 Å². The molecule has 0 saturated carbocycles. The van der Waals surface area contributed by atoms with Crippen LogP contribution in [0.4, 0.5) is 5.82 Å². The maximum absolute atomic E-state index is 11.0. The molecule has 1 aliphatic rings. The molecule has 1 aromatic heterocycles. The molecule has 7 heteroatoms. The number of morpholine rings is 1. The molecule has 0 aliphatic carbocycles. The number of halogens is 1. The van der Waals surface area contributed by atoms with Crippen LogP contribution in [0.5, 0.6) is 0 Å². The van der Waals surface area contributed by atoms with Gasteiger partial charge in [-0.3, -0.25) is 9.69 Å². The fourth-order valence-corrected chi connectivity index (χ4v) is 2.27. The van der Waals surface area contributed by atoms with Crippen molar-refractivity contribution in [1.29, 1.82) is 0 Å². The second-order valence-corrected chi connectivity index (χ2v) is 5.06. The van der Waals surface area contributed by atoms with E-state index in [-0.39, 0.29) is 0 Å². The fraction of sp³-hybridized carbons (Fsp3) is 0.538. The van der Waals surface area contributed by atoms with Crippen molar-refractivity contribution in [2.24, 2.45) is 5.73 Å². The molecular weight excluding hydrogens is 280 g/mol. The molecule has 3 N–H and O–H groups in total. The third-order valence-electron chi connectivity index (χ3n) is 3.17. The third-order valence-corrected chi connectivity index (χ3v) is 3.46. The van der Waals surface area contributed by atoms with Gasteiger partial charge in [-0.15, -0.1) is 0 Å². The molecule has 2 heterocycles. The van der Waals surface area contributed by atoms with Crippen LogP contribution in [-0.2, 0) is 4.74 Å². The Morgan fingerprint density at radius 1 is 1.50 bits per heavy atom. The molecule has 0 spiro atoms. The van der Waals surface area contributed by atoms with Crippen LogP contribution in [0, 0.1) is 0 Å². The lowest BCUT2D eigenvalue weighted by molar-refractivity contribution is 0.0378. The summed E-state index contributed by atoms with van der Waals surface area (Å²) in [6.07, 6.45) is 2.42. The summed E-state index contributed by atoms with van der Waals surface area (Å²) >= 11 is 6.04. The van der Waals surface area contributed by atoms with E-state index >= 15 is 0 Å². The standard InChI is InChI=1S/C13H19ClN4O2/c14-11-8-10(12(15)19)9-17-13(11)16-2-1-3-18-4-6-20-7-5-18/h8-9H,1-7H2,(H2,15,19)(H,16,17). The minimum atomic E-state index is -0.529. The summed E-state index contributed by atoms with van der Waals surface area (Å²) in [5.41, 5.74) is 5.48. The van der Waals surface area contributed by atoms with Crippen molar-refractivity contribution in [2.45, 2.75) is 6.42 Å². The predicted molar refractivity (Wildman–Crippen MR) is 78.1 cm³/mol. The normalized spacial score (nSPS) is 16.1. The fourth-order valence-electron chi connectivity index (χ4n) is 2.04. The molecule has 0 unspecified atom stereocenters. The molecule has 1 aromatic rings. The van der Waals surface area contributed by atoms with Gasteiger partial charge >= 0.3 is 0 Å². The number of ether oxygens (including phenoxy) is 1. The highest BCUT2D eigenvalue weighted by molar-refractivity contribution is 6.33. The Bertz CT molecular complexity index is 464. The highest BCUT2D eigenvalue weighted by Gasteiger charge is 2.10. The lowest BCUT2D eigenvalue weighted by Gasteiger charge is -2.26. The van der Waals surface area contributed by atoms with Gasteiger partial charge in [0.2, 0.25) is 5.91 Å². The third kappa shape index (κ3) is 4.33. The van der Waals surface area contributed by atoms with Gasteiger partial charge in [-0.1, -0.05) is 11.6 Å². The van der Waals surface area contributed by atoms with E-state index in [1.54, 1.807) is 0 Å². The summed E-state index contributed by atoms with van der Waals surface area (Å²) in [4.78, 5) is 17.5. The average molecular weight is 299 g/mol. The van der Waals surface area contributed by atoms with E-state index in [1.165, 1.54) is 12.3 Å². The zero-order valence-corrected chi connectivity index (χ0v) is 12.0. The zero-order chi connectivity index (χ0) is 14.4. The van der Waals surface area contributed by atoms with E-state index in [0.717, 1.165) is 45.8 Å². The van der Waals surface area contributed by atoms with Crippen LogP contribution in [-0.4, -0.2) is 55.2 Å². The van der Waals surface area contributed by atoms with Crippen molar-refractivity contribution < 1.29 is 9.53 Å². The lowest BCUT2D eigenvalue weighted by atomic mass is 10.2. The number of nitrogens with zero attached hydrogens (tertiary/aromatic N) is 2. The first-order chi connectivity index (χ1) is 9.66. The molecule has 1 saturated heterocycles. The van der Waals surface area contributed by atoms with Gasteiger partial charge in [0.15, 0.2) is 0 Å². The summed E-state index contributed by atoms with van der Waals surface area (Å²) in [6.45, 7) is 5.41. The van der Waals surface area contributed by atoms with Crippen LogP contribution in [0.3, 0.4) is 0 Å². The number of rotatable bonds is 6. The summed E-state index contributed by atoms with van der Waals surface area (Å²) in [5, 5.41) is 3.58. The molecule has 0 radical (unpaired) electrons. The Morgan fingerprint density at radius 2 is 2.25 bits per heavy atom. The van der Waals surface area contributed by atoms with Gasteiger partial charge in [0.1, 0.15) is 5.82 Å². The molecule has 2 rings (SSSR count). The van der Waals surface area contributed by atoms with Crippen LogP contribution in [0.15, 0.2) is 12.3 Å². The first-order valence-corrected chi connectivity index (χ1v) is 7.04. The molecule has 110 valence electrons. The average Bonchev–Trinajstić information content (AvgIpc) is 2.46. The number of hydrogen-bond donors (Lipinski definition) is 2. The smallest absolute Gasteiger partial charge is 0.250 e. The quantitative estimate of drug-likeness (QED) is 0.765. The molecule has 1 fully saturated rings. The van der Waals surface area contributed by atoms with E-state index < -0.39 is 5.91 Å². The molecule has 0 aromatic carbocycles. The number of anilines is 1. The van der Waals surface area contributed by atoms with Crippen LogP contribution in [0.25, 0.3) is 0 Å². The highest BCUT2D eigenvalue weighted by atomic mass is 35.5. The van der Waals surface area contributed by atoms with E-state index in [0.29, 0.717) is 16.4 Å². The number of carbonyl (C=O) groups excluding carboxylic acids is 1. The molecule has 0 bridgehead atoms. The SMILES string of the molecule is NC(=O)c1cnc(NCCCN2CCOCC2)c(Cl)c1. The monoisotopic (exact) mass is 298 g/mol. The number of amides is 1. The van der Waals surface area contributed by atoms with Gasteiger partial charge < -0.3 is 15.8 Å². The van der Waals surface area contributed by atoms with Crippen molar-refractivity contribution in [3.8, 4) is 0 Å². The molecule has 0 atom stereocenters. The van der Waals surface area contributed by atoms with Crippen molar-refractivity contribution in [3.05, 3.63) is 22.8 Å². The van der Waals surface area contributed by atoms with Crippen LogP contribution < -0.4 is 11.1 Å². The van der Waals surface area contributed by atoms with Crippen molar-refractivity contribution in [2.75, 3.05) is 44.7 Å². The largest absolute Gasteiger partial charge is 0.379 e. The number of aromatic nitrogens is 1. The van der Waals surface area contributed by atoms with Crippen LogP contribution >= 0.6 is 11.6 Å². The Labute approximate surface area is 123 Å². The molecule has 6 nitrogen and oxygen atoms in total. The molecular formula is C13H19ClN4O2. The number of nitrogens with two attached hydrogens (primary N) is 1. The van der Waals surface area contributed by atoms with Crippen LogP contribution in [0.1, 0.15) is 16.8 Å². The van der Waals surface area contributed by atoms with Gasteiger partial charge in [-0.05, 0) is 19.0 Å². The topological polar surface area (TPSA) is 80.5 Å². The maximum atomic E-state index is 11.0. The second kappa shape index (κ2) is 7.42. The Kier molecular flexibility index (Phi) is 5.58. The number of nitrogens with one attached hydrogen (secondary N) is 1. The van der Waals surface area contributed by atoms with Crippen LogP contribution in [0.2, 0.25) is 5.02 Å². The van der Waals surface area contributed by atoms with Gasteiger partial charge in [0.25, 0.3) is 0 Å². The first-order valence-electron chi connectivity index (χ1n) is 6.66. The maximum Gasteiger partial charge on any atom is 0.250 e. The minimum Gasteiger partial charge on any atom is -0.379 e. The summed E-state index contributed by atoms with van der Waals surface area (Å²) in [6, 6.07) is 1.53. The summed E-state index contributed by atoms with van der Waals surface area (Å²) < 4.78 is 5.30. The molecule has 20 heavy (non-hydrogen) atoms. The zero-order valence-electron chi connectivity index (χ0n) is 11.3. The van der Waals surface area contributed by atoms with Crippen molar-refractivity contribution in [3.63, 3.8) is 0 Å². The second-order valence-electron chi connectivity index (χ2n) is 4.65. The summed E-state index contributed by atoms with van der Waals surface area (Å²) in [7, 11) is 0. The highest BCUT2D eigenvalue weighted by Crippen LogP contribution is 2.19. The number of pyridine rings is 1. The van der Waals surface area contributed by atoms with E-state index in [2.05, 4.69) is 15.2 Å². The minimum absolute atomic E-state index is 0.314. The summed E-state index contributed by atoms with van der Waals surface area (Å²) in [5.74, 6) is 0.0527. The number of primary amides is 1. The Balaban J connectivity index is 1.74. The van der Waals surface area contributed by atoms with E-state index in [9.17, 15) is 4.79 Å². The van der Waals surface area contributed by atoms with Crippen molar-refractivity contribution >= 4 is 23.3 Å². The first kappa shape index (κ1) is 15.0. The van der Waals surface area contributed by atoms with Gasteiger partial charge in [-0.25, -0.2) is 4.98 Å². The van der Waals surface area contributed by atoms with E-state index in [1.807, 2.05) is 0 Å². The Morgan fingerprint density at radius 3 is 2.90 bits per heavy atom. The van der Waals surface area contributed by atoms with Gasteiger partial charge in [0, 0.05) is 25.8 Å². The predicted octanol–water partition coefficient (Wildman–Crippen LogP) is 0.968. The molecule has 1 amide bonds.